The molecule has 0 saturated heterocycles. The van der Waals surface area contributed by atoms with Gasteiger partial charge < -0.3 is 0 Å². The second kappa shape index (κ2) is 4.45. The molecule has 0 heterocycles. The second-order valence-corrected chi connectivity index (χ2v) is 2.51. The molecule has 0 radical (unpaired) electrons. The van der Waals surface area contributed by atoms with E-state index >= 15 is 0 Å². The molecule has 0 aliphatic carbocycles. The first-order valence-electron chi connectivity index (χ1n) is 3.35. The fourth-order valence-electron chi connectivity index (χ4n) is 0.428. The molecule has 0 unspecified atom stereocenters. The molecule has 0 N–H and O–H groups in total. The van der Waals surface area contributed by atoms with Gasteiger partial charge in [-0.15, -0.1) is 0 Å². The zero-order valence-corrected chi connectivity index (χ0v) is 7.18. The number of nitriles is 1. The lowest BCUT2D eigenvalue weighted by atomic mass is 10.2. The number of hydrogen-bond donors (Lipinski definition) is 0. The quantitative estimate of drug-likeness (QED) is 0.336. The van der Waals surface area contributed by atoms with Crippen molar-refractivity contribution in [1.29, 1.82) is 5.26 Å². The van der Waals surface area contributed by atoms with Crippen LogP contribution >= 0.6 is 0 Å². The maximum absolute atomic E-state index is 8.56. The summed E-state index contributed by atoms with van der Waals surface area (Å²) in [5.74, 6) is 0. The Kier molecular flexibility index (Phi) is 3.90. The third kappa shape index (κ3) is 4.10. The van der Waals surface area contributed by atoms with Crippen LogP contribution in [0, 0.1) is 11.3 Å². The second-order valence-electron chi connectivity index (χ2n) is 2.51. The fraction of sp³-hybridized carbons (Fsp3) is 0.333. The van der Waals surface area contributed by atoms with E-state index in [0.29, 0.717) is 5.57 Å². The van der Waals surface area contributed by atoms with Crippen molar-refractivity contribution in [1.82, 2.24) is 0 Å². The van der Waals surface area contributed by atoms with Crippen LogP contribution in [0.2, 0.25) is 0 Å². The lowest BCUT2D eigenvalue weighted by Gasteiger charge is -1.91. The highest BCUT2D eigenvalue weighted by Gasteiger charge is 1.92. The Hall–Kier alpha value is -1.36. The van der Waals surface area contributed by atoms with Crippen molar-refractivity contribution < 1.29 is 0 Å². The van der Waals surface area contributed by atoms with Crippen molar-refractivity contribution in [3.05, 3.63) is 23.9 Å². The van der Waals surface area contributed by atoms with Gasteiger partial charge >= 0.3 is 0 Å². The van der Waals surface area contributed by atoms with E-state index in [1.54, 1.807) is 6.92 Å². The van der Waals surface area contributed by atoms with Crippen LogP contribution in [-0.4, -0.2) is 5.71 Å². The van der Waals surface area contributed by atoms with Crippen LogP contribution < -0.4 is 0 Å². The zero-order chi connectivity index (χ0) is 8.85. The van der Waals surface area contributed by atoms with Crippen molar-refractivity contribution in [2.75, 3.05) is 0 Å². The number of allylic oxidation sites excluding steroid dienone is 2. The molecule has 0 amide bonds. The van der Waals surface area contributed by atoms with Crippen LogP contribution in [0.5, 0.6) is 0 Å². The molecule has 0 rings (SSSR count). The average Bonchev–Trinajstić information content (AvgIpc) is 1.87. The molecule has 0 aromatic carbocycles. The largest absolute Gasteiger partial charge is 0.265 e. The molecule has 0 aromatic rings. The van der Waals surface area contributed by atoms with Crippen LogP contribution in [0.25, 0.3) is 0 Å². The van der Waals surface area contributed by atoms with Crippen LogP contribution in [0.1, 0.15) is 20.8 Å². The Morgan fingerprint density at radius 3 is 2.27 bits per heavy atom. The molecule has 0 bridgehead atoms. The predicted octanol–water partition coefficient (Wildman–Crippen LogP) is 2.45. The number of nitrogens with zero attached hydrogens (tertiary/aromatic N) is 2. The van der Waals surface area contributed by atoms with Gasteiger partial charge in [0.05, 0.1) is 5.57 Å². The summed E-state index contributed by atoms with van der Waals surface area (Å²) < 4.78 is 0. The van der Waals surface area contributed by atoms with Crippen LogP contribution in [-0.2, 0) is 0 Å². The molecule has 2 heteroatoms. The maximum Gasteiger partial charge on any atom is 0.101 e. The smallest absolute Gasteiger partial charge is 0.101 e. The average molecular weight is 148 g/mol. The van der Waals surface area contributed by atoms with Gasteiger partial charge in [0.25, 0.3) is 0 Å². The molecule has 0 aliphatic heterocycles. The summed E-state index contributed by atoms with van der Waals surface area (Å²) in [7, 11) is 0. The van der Waals surface area contributed by atoms with E-state index in [-0.39, 0.29) is 0 Å². The van der Waals surface area contributed by atoms with Gasteiger partial charge in [-0.1, -0.05) is 6.58 Å². The first kappa shape index (κ1) is 9.64. The summed E-state index contributed by atoms with van der Waals surface area (Å²) in [5, 5.41) is 8.56. The monoisotopic (exact) mass is 148 g/mol. The highest BCUT2D eigenvalue weighted by Crippen LogP contribution is 2.04. The Morgan fingerprint density at radius 2 is 2.00 bits per heavy atom. The molecule has 0 spiro atoms. The van der Waals surface area contributed by atoms with Gasteiger partial charge in [-0.3, -0.25) is 4.99 Å². The molecule has 0 aliphatic rings. The van der Waals surface area contributed by atoms with E-state index < -0.39 is 0 Å². The van der Waals surface area contributed by atoms with Gasteiger partial charge in [-0.05, 0) is 26.3 Å². The van der Waals surface area contributed by atoms with E-state index in [1.165, 1.54) is 6.20 Å². The van der Waals surface area contributed by atoms with E-state index in [1.807, 2.05) is 19.9 Å². The Morgan fingerprint density at radius 1 is 1.45 bits per heavy atom. The lowest BCUT2D eigenvalue weighted by molar-refractivity contribution is 1.37. The van der Waals surface area contributed by atoms with Crippen molar-refractivity contribution in [3.8, 4) is 6.07 Å². The number of rotatable bonds is 2. The lowest BCUT2D eigenvalue weighted by Crippen LogP contribution is -1.81. The van der Waals surface area contributed by atoms with Gasteiger partial charge in [-0.2, -0.15) is 5.26 Å². The summed E-state index contributed by atoms with van der Waals surface area (Å²) in [6, 6.07) is 2.01. The summed E-state index contributed by atoms with van der Waals surface area (Å²) in [5.41, 5.74) is 2.21. The normalized spacial score (nSPS) is 10.2. The topological polar surface area (TPSA) is 36.1 Å². The van der Waals surface area contributed by atoms with Crippen LogP contribution in [0.3, 0.4) is 0 Å². The molecule has 0 atom stereocenters. The molecule has 0 saturated carbocycles. The molecule has 11 heavy (non-hydrogen) atoms. The van der Waals surface area contributed by atoms with E-state index in [4.69, 9.17) is 5.26 Å². The van der Waals surface area contributed by atoms with Gasteiger partial charge in [0, 0.05) is 11.9 Å². The highest BCUT2D eigenvalue weighted by atomic mass is 14.7. The summed E-state index contributed by atoms with van der Waals surface area (Å²) in [6.07, 6.45) is 1.54. The predicted molar refractivity (Wildman–Crippen MR) is 47.3 cm³/mol. The van der Waals surface area contributed by atoms with E-state index in [0.717, 1.165) is 11.3 Å². The van der Waals surface area contributed by atoms with Gasteiger partial charge in [0.2, 0.25) is 0 Å². The third-order valence-corrected chi connectivity index (χ3v) is 1.03. The first-order valence-corrected chi connectivity index (χ1v) is 3.35. The standard InChI is InChI=1S/C9H12N2/c1-7(2)9(5-10)6-11-8(3)4/h6H,1H2,2-4H3/b9-6-. The Labute approximate surface area is 67.6 Å². The van der Waals surface area contributed by atoms with Gasteiger partial charge in [0.15, 0.2) is 0 Å². The molecule has 2 nitrogen and oxygen atoms in total. The maximum atomic E-state index is 8.56. The SMILES string of the molecule is C=C(C)/C(C#N)=C\N=C(C)C. The molecular formula is C9H12N2. The van der Waals surface area contributed by atoms with Crippen LogP contribution in [0.4, 0.5) is 0 Å². The van der Waals surface area contributed by atoms with Crippen LogP contribution in [0.15, 0.2) is 28.9 Å². The zero-order valence-electron chi connectivity index (χ0n) is 7.18. The highest BCUT2D eigenvalue weighted by molar-refractivity contribution is 5.79. The van der Waals surface area contributed by atoms with Crippen molar-refractivity contribution in [3.63, 3.8) is 0 Å². The van der Waals surface area contributed by atoms with Crippen molar-refractivity contribution in [2.24, 2.45) is 4.99 Å². The first-order chi connectivity index (χ1) is 5.07. The third-order valence-electron chi connectivity index (χ3n) is 1.03. The van der Waals surface area contributed by atoms with E-state index in [9.17, 15) is 0 Å². The summed E-state index contributed by atoms with van der Waals surface area (Å²) >= 11 is 0. The minimum atomic E-state index is 0.534. The molecule has 58 valence electrons. The number of aliphatic imine (C=N–C) groups is 1. The molecule has 0 fully saturated rings. The summed E-state index contributed by atoms with van der Waals surface area (Å²) in [4.78, 5) is 3.99. The Bertz CT molecular complexity index is 247. The summed E-state index contributed by atoms with van der Waals surface area (Å²) in [6.45, 7) is 9.19. The number of hydrogen-bond acceptors (Lipinski definition) is 2. The van der Waals surface area contributed by atoms with Crippen molar-refractivity contribution in [2.45, 2.75) is 20.8 Å². The van der Waals surface area contributed by atoms with Crippen molar-refractivity contribution >= 4 is 5.71 Å². The molecule has 0 aromatic heterocycles. The fourth-order valence-corrected chi connectivity index (χ4v) is 0.428. The minimum Gasteiger partial charge on any atom is -0.265 e. The Balaban J connectivity index is 4.54. The van der Waals surface area contributed by atoms with Gasteiger partial charge in [0.1, 0.15) is 6.07 Å². The minimum absolute atomic E-state index is 0.534. The molecular weight excluding hydrogens is 136 g/mol. The van der Waals surface area contributed by atoms with E-state index in [2.05, 4.69) is 11.6 Å². The van der Waals surface area contributed by atoms with Gasteiger partial charge in [-0.25, -0.2) is 0 Å².